The Morgan fingerprint density at radius 1 is 1.05 bits per heavy atom. The largest absolute Gasteiger partial charge is 0.375 e. The molecule has 12 heteroatoms. The standard InChI is InChI=1S/C30H31FN6O4S/c31-23-7-4-8-26(15-23)42(39,40)37-17-27-28(18-37)34-35-29(27)33-30(38)22-9-11-25(12-10-22)36-14-13-32-24(16-36)20-41-19-21-5-2-1-3-6-21/h1-12,15,24,32H,13-14,16-20H2,(H2,33,34,35,38). The molecule has 0 spiro atoms. The van der Waals surface area contributed by atoms with Crippen molar-refractivity contribution in [2.45, 2.75) is 30.6 Å². The van der Waals surface area contributed by atoms with Gasteiger partial charge in [0.25, 0.3) is 5.91 Å². The summed E-state index contributed by atoms with van der Waals surface area (Å²) in [5.74, 6) is -0.703. The monoisotopic (exact) mass is 590 g/mol. The van der Waals surface area contributed by atoms with Crippen molar-refractivity contribution in [1.29, 1.82) is 0 Å². The van der Waals surface area contributed by atoms with Crippen molar-refractivity contribution in [1.82, 2.24) is 19.8 Å². The number of hydrogen-bond acceptors (Lipinski definition) is 7. The summed E-state index contributed by atoms with van der Waals surface area (Å²) in [6, 6.07) is 22.6. The average molecular weight is 591 g/mol. The highest BCUT2D eigenvalue weighted by atomic mass is 32.2. The van der Waals surface area contributed by atoms with Gasteiger partial charge in [0.05, 0.1) is 30.3 Å². The summed E-state index contributed by atoms with van der Waals surface area (Å²) in [5, 5.41) is 13.3. The maximum atomic E-state index is 13.6. The Bertz CT molecular complexity index is 1660. The number of carbonyl (C=O) groups excluding carboxylic acids is 1. The third kappa shape index (κ3) is 6.07. The van der Waals surface area contributed by atoms with Crippen molar-refractivity contribution in [3.05, 3.63) is 107 Å². The average Bonchev–Trinajstić information content (AvgIpc) is 3.61. The van der Waals surface area contributed by atoms with Gasteiger partial charge >= 0.3 is 0 Å². The SMILES string of the molecule is O=C(Nc1n[nH]c2c1CN(S(=O)(=O)c1cccc(F)c1)C2)c1ccc(N2CCNC(COCc3ccccc3)C2)cc1. The topological polar surface area (TPSA) is 120 Å². The second-order valence-electron chi connectivity index (χ2n) is 10.4. The molecule has 1 saturated heterocycles. The molecule has 0 aliphatic carbocycles. The molecule has 3 aromatic carbocycles. The first-order valence-corrected chi connectivity index (χ1v) is 15.1. The number of sulfonamides is 1. The van der Waals surface area contributed by atoms with Crippen LogP contribution >= 0.6 is 0 Å². The Kier molecular flexibility index (Phi) is 8.02. The molecule has 2 aliphatic heterocycles. The molecule has 3 N–H and O–H groups in total. The molecule has 0 saturated carbocycles. The number of aromatic nitrogens is 2. The van der Waals surface area contributed by atoms with Gasteiger partial charge in [-0.2, -0.15) is 9.40 Å². The number of carbonyl (C=O) groups is 1. The summed E-state index contributed by atoms with van der Waals surface area (Å²) in [7, 11) is -3.92. The van der Waals surface area contributed by atoms with E-state index in [-0.39, 0.29) is 35.8 Å². The van der Waals surface area contributed by atoms with Gasteiger partial charge in [-0.25, -0.2) is 12.8 Å². The van der Waals surface area contributed by atoms with E-state index in [1.54, 1.807) is 12.1 Å². The lowest BCUT2D eigenvalue weighted by Gasteiger charge is -2.35. The van der Waals surface area contributed by atoms with Gasteiger partial charge in [0.1, 0.15) is 5.82 Å². The third-order valence-corrected chi connectivity index (χ3v) is 9.26. The van der Waals surface area contributed by atoms with Crippen molar-refractivity contribution < 1.29 is 22.3 Å². The molecule has 1 unspecified atom stereocenters. The summed E-state index contributed by atoms with van der Waals surface area (Å²) < 4.78 is 46.8. The van der Waals surface area contributed by atoms with Gasteiger partial charge in [-0.3, -0.25) is 9.89 Å². The summed E-state index contributed by atoms with van der Waals surface area (Å²) in [4.78, 5) is 15.2. The predicted molar refractivity (Wildman–Crippen MR) is 156 cm³/mol. The van der Waals surface area contributed by atoms with E-state index in [4.69, 9.17) is 4.74 Å². The fourth-order valence-electron chi connectivity index (χ4n) is 5.23. The zero-order valence-corrected chi connectivity index (χ0v) is 23.6. The van der Waals surface area contributed by atoms with E-state index in [1.165, 1.54) is 22.5 Å². The van der Waals surface area contributed by atoms with Crippen molar-refractivity contribution in [3.8, 4) is 0 Å². The number of anilines is 2. The molecule has 42 heavy (non-hydrogen) atoms. The summed E-state index contributed by atoms with van der Waals surface area (Å²) in [5.41, 5.74) is 3.78. The molecule has 6 rings (SSSR count). The van der Waals surface area contributed by atoms with Crippen LogP contribution in [-0.2, 0) is 34.5 Å². The van der Waals surface area contributed by atoms with Gasteiger partial charge in [-0.05, 0) is 48.0 Å². The number of ether oxygens (including phenoxy) is 1. The number of fused-ring (bicyclic) bond motifs is 1. The molecule has 1 aromatic heterocycles. The van der Waals surface area contributed by atoms with Gasteiger partial charge in [0.15, 0.2) is 5.82 Å². The Hall–Kier alpha value is -4.10. The van der Waals surface area contributed by atoms with Crippen LogP contribution in [-0.4, -0.2) is 61.1 Å². The molecular formula is C30H31FN6O4S. The van der Waals surface area contributed by atoms with Gasteiger partial charge in [-0.15, -0.1) is 0 Å². The second kappa shape index (κ2) is 12.0. The first-order chi connectivity index (χ1) is 20.4. The first kappa shape index (κ1) is 28.0. The fourth-order valence-corrected chi connectivity index (χ4v) is 6.64. The van der Waals surface area contributed by atoms with E-state index in [1.807, 2.05) is 42.5 Å². The smallest absolute Gasteiger partial charge is 0.256 e. The van der Waals surface area contributed by atoms with E-state index in [2.05, 4.69) is 25.7 Å². The van der Waals surface area contributed by atoms with E-state index >= 15 is 0 Å². The third-order valence-electron chi connectivity index (χ3n) is 7.47. The van der Waals surface area contributed by atoms with Gasteiger partial charge in [0.2, 0.25) is 10.0 Å². The number of rotatable bonds is 9. The second-order valence-corrected chi connectivity index (χ2v) is 12.3. The number of nitrogens with zero attached hydrogens (tertiary/aromatic N) is 3. The van der Waals surface area contributed by atoms with Crippen molar-refractivity contribution >= 4 is 27.4 Å². The van der Waals surface area contributed by atoms with Crippen LogP contribution in [0.1, 0.15) is 27.2 Å². The normalized spacial score (nSPS) is 17.3. The van der Waals surface area contributed by atoms with Crippen LogP contribution in [0.3, 0.4) is 0 Å². The van der Waals surface area contributed by atoms with E-state index in [0.717, 1.165) is 37.0 Å². The Morgan fingerprint density at radius 2 is 1.86 bits per heavy atom. The first-order valence-electron chi connectivity index (χ1n) is 13.7. The highest BCUT2D eigenvalue weighted by Gasteiger charge is 2.34. The molecule has 2 aliphatic rings. The van der Waals surface area contributed by atoms with Crippen LogP contribution < -0.4 is 15.5 Å². The Balaban J connectivity index is 1.05. The van der Waals surface area contributed by atoms with Crippen molar-refractivity contribution in [2.24, 2.45) is 0 Å². The Morgan fingerprint density at radius 3 is 2.64 bits per heavy atom. The minimum Gasteiger partial charge on any atom is -0.375 e. The maximum Gasteiger partial charge on any atom is 0.256 e. The summed E-state index contributed by atoms with van der Waals surface area (Å²) in [6.07, 6.45) is 0. The summed E-state index contributed by atoms with van der Waals surface area (Å²) >= 11 is 0. The number of amides is 1. The quantitative estimate of drug-likeness (QED) is 0.273. The molecule has 218 valence electrons. The number of aromatic amines is 1. The van der Waals surface area contributed by atoms with Crippen molar-refractivity contribution in [3.63, 3.8) is 0 Å². The van der Waals surface area contributed by atoms with Crippen LogP contribution in [0.4, 0.5) is 15.9 Å². The number of nitrogens with one attached hydrogen (secondary N) is 3. The lowest BCUT2D eigenvalue weighted by atomic mass is 10.1. The zero-order valence-electron chi connectivity index (χ0n) is 22.8. The highest BCUT2D eigenvalue weighted by molar-refractivity contribution is 7.89. The van der Waals surface area contributed by atoms with E-state index in [9.17, 15) is 17.6 Å². The minimum absolute atomic E-state index is 0.0124. The molecule has 10 nitrogen and oxygen atoms in total. The number of benzene rings is 3. The van der Waals surface area contributed by atoms with Gasteiger partial charge in [0, 0.05) is 49.0 Å². The molecule has 1 atom stereocenters. The van der Waals surface area contributed by atoms with Crippen LogP contribution in [0.25, 0.3) is 0 Å². The van der Waals surface area contributed by atoms with Crippen LogP contribution in [0.2, 0.25) is 0 Å². The maximum absolute atomic E-state index is 13.6. The highest BCUT2D eigenvalue weighted by Crippen LogP contribution is 2.32. The molecule has 1 fully saturated rings. The number of piperazine rings is 1. The van der Waals surface area contributed by atoms with Crippen LogP contribution in [0.15, 0.2) is 83.8 Å². The Labute approximate surface area is 243 Å². The van der Waals surface area contributed by atoms with E-state index < -0.39 is 15.8 Å². The molecule has 1 amide bonds. The lowest BCUT2D eigenvalue weighted by Crippen LogP contribution is -2.52. The minimum atomic E-state index is -3.92. The molecular weight excluding hydrogens is 559 g/mol. The zero-order chi connectivity index (χ0) is 29.1. The fraction of sp³-hybridized carbons (Fsp3) is 0.267. The molecule has 4 aromatic rings. The van der Waals surface area contributed by atoms with E-state index in [0.29, 0.717) is 30.0 Å². The number of halogens is 1. The van der Waals surface area contributed by atoms with Crippen molar-refractivity contribution in [2.75, 3.05) is 36.5 Å². The van der Waals surface area contributed by atoms with Crippen LogP contribution in [0, 0.1) is 5.82 Å². The molecule has 0 bridgehead atoms. The van der Waals surface area contributed by atoms with Gasteiger partial charge < -0.3 is 20.3 Å². The number of H-pyrrole nitrogens is 1. The van der Waals surface area contributed by atoms with Gasteiger partial charge in [-0.1, -0.05) is 36.4 Å². The predicted octanol–water partition coefficient (Wildman–Crippen LogP) is 3.50. The number of hydrogen-bond donors (Lipinski definition) is 3. The lowest BCUT2D eigenvalue weighted by molar-refractivity contribution is 0.0972. The summed E-state index contributed by atoms with van der Waals surface area (Å²) in [6.45, 7) is 3.69. The molecule has 0 radical (unpaired) electrons. The molecule has 3 heterocycles. The van der Waals surface area contributed by atoms with Crippen LogP contribution in [0.5, 0.6) is 0 Å².